The number of carbonyl (C=O) groups is 1. The van der Waals surface area contributed by atoms with Crippen molar-refractivity contribution in [3.05, 3.63) is 34.9 Å². The van der Waals surface area contributed by atoms with Crippen molar-refractivity contribution in [2.24, 2.45) is 0 Å². The van der Waals surface area contributed by atoms with Gasteiger partial charge in [-0.15, -0.1) is 0 Å². The number of rotatable bonds is 3. The Hall–Kier alpha value is -1.19. The molecule has 2 aliphatic heterocycles. The molecule has 3 nitrogen and oxygen atoms in total. The topological polar surface area (TPSA) is 29.5 Å². The Morgan fingerprint density at radius 1 is 1.35 bits per heavy atom. The summed E-state index contributed by atoms with van der Waals surface area (Å²) >= 11 is 0. The lowest BCUT2D eigenvalue weighted by Gasteiger charge is -2.34. The number of benzene rings is 1. The van der Waals surface area contributed by atoms with Crippen LogP contribution < -0.4 is 0 Å². The molecule has 1 aromatic rings. The molecule has 2 atom stereocenters. The molecule has 0 bridgehead atoms. The molecule has 2 aliphatic rings. The van der Waals surface area contributed by atoms with Crippen LogP contribution in [-0.4, -0.2) is 42.5 Å². The van der Waals surface area contributed by atoms with Crippen LogP contribution in [0.5, 0.6) is 0 Å². The van der Waals surface area contributed by atoms with Crippen molar-refractivity contribution in [3.8, 4) is 0 Å². The Morgan fingerprint density at radius 2 is 2.10 bits per heavy atom. The number of carbonyl (C=O) groups excluding carboxylic acids is 1. The number of aryl methyl sites for hydroxylation is 2. The van der Waals surface area contributed by atoms with Gasteiger partial charge >= 0.3 is 0 Å². The molecule has 2 unspecified atom stereocenters. The molecule has 0 saturated carbocycles. The summed E-state index contributed by atoms with van der Waals surface area (Å²) in [6.07, 6.45) is 2.73. The molecule has 0 N–H and O–H groups in total. The van der Waals surface area contributed by atoms with Gasteiger partial charge in [0.2, 0.25) is 0 Å². The highest BCUT2D eigenvalue weighted by Gasteiger charge is 2.35. The van der Waals surface area contributed by atoms with Gasteiger partial charge in [-0.1, -0.05) is 18.2 Å². The molecule has 3 rings (SSSR count). The number of nitrogens with zero attached hydrogens (tertiary/aromatic N) is 1. The van der Waals surface area contributed by atoms with Crippen molar-refractivity contribution in [1.29, 1.82) is 0 Å². The van der Waals surface area contributed by atoms with Crippen LogP contribution in [-0.2, 0) is 16.0 Å². The monoisotopic (exact) mass is 273 g/mol. The van der Waals surface area contributed by atoms with E-state index in [4.69, 9.17) is 4.74 Å². The van der Waals surface area contributed by atoms with Gasteiger partial charge in [0.15, 0.2) is 5.78 Å². The highest BCUT2D eigenvalue weighted by atomic mass is 16.5. The third-order valence-electron chi connectivity index (χ3n) is 4.74. The number of Topliss-reactive ketones (excluding diaryl/α,β-unsaturated/α-hetero) is 1. The van der Waals surface area contributed by atoms with Crippen LogP contribution in [0.2, 0.25) is 0 Å². The molecule has 0 aliphatic carbocycles. The van der Waals surface area contributed by atoms with Gasteiger partial charge in [0.05, 0.1) is 6.61 Å². The van der Waals surface area contributed by atoms with Gasteiger partial charge in [0, 0.05) is 19.0 Å². The van der Waals surface area contributed by atoms with Gasteiger partial charge in [-0.25, -0.2) is 0 Å². The van der Waals surface area contributed by atoms with Crippen molar-refractivity contribution in [2.75, 3.05) is 19.7 Å². The summed E-state index contributed by atoms with van der Waals surface area (Å²) in [6.45, 7) is 6.79. The average molecular weight is 273 g/mol. The molecule has 0 radical (unpaired) electrons. The van der Waals surface area contributed by atoms with Gasteiger partial charge in [0.1, 0.15) is 6.10 Å². The average Bonchev–Trinajstić information content (AvgIpc) is 2.90. The summed E-state index contributed by atoms with van der Waals surface area (Å²) in [5, 5.41) is 0. The fourth-order valence-electron chi connectivity index (χ4n) is 3.43. The summed E-state index contributed by atoms with van der Waals surface area (Å²) in [5.41, 5.74) is 3.58. The molecule has 1 aromatic carbocycles. The van der Waals surface area contributed by atoms with Gasteiger partial charge in [-0.2, -0.15) is 0 Å². The van der Waals surface area contributed by atoms with Crippen molar-refractivity contribution in [3.63, 3.8) is 0 Å². The third kappa shape index (κ3) is 2.65. The lowest BCUT2D eigenvalue weighted by Crippen LogP contribution is -2.49. The first-order valence-corrected chi connectivity index (χ1v) is 7.58. The maximum Gasteiger partial charge on any atom is 0.167 e. The minimum Gasteiger partial charge on any atom is -0.367 e. The summed E-state index contributed by atoms with van der Waals surface area (Å²) in [7, 11) is 0. The molecule has 0 aromatic heterocycles. The molecular weight excluding hydrogens is 250 g/mol. The Kier molecular flexibility index (Phi) is 3.90. The number of fused-ring (bicyclic) bond motifs is 1. The first-order chi connectivity index (χ1) is 9.65. The molecule has 20 heavy (non-hydrogen) atoms. The van der Waals surface area contributed by atoms with E-state index in [1.54, 1.807) is 0 Å². The Morgan fingerprint density at radius 3 is 2.85 bits per heavy atom. The van der Waals surface area contributed by atoms with E-state index in [1.165, 1.54) is 29.5 Å². The zero-order valence-electron chi connectivity index (χ0n) is 12.4. The predicted octanol–water partition coefficient (Wildman–Crippen LogP) is 2.28. The predicted molar refractivity (Wildman–Crippen MR) is 79.0 cm³/mol. The molecule has 108 valence electrons. The van der Waals surface area contributed by atoms with Crippen molar-refractivity contribution >= 4 is 5.78 Å². The second-order valence-corrected chi connectivity index (χ2v) is 6.13. The van der Waals surface area contributed by atoms with Crippen LogP contribution in [0.4, 0.5) is 0 Å². The van der Waals surface area contributed by atoms with Crippen LogP contribution in [0.15, 0.2) is 18.2 Å². The van der Waals surface area contributed by atoms with Crippen LogP contribution in [0.25, 0.3) is 0 Å². The van der Waals surface area contributed by atoms with E-state index < -0.39 is 0 Å². The van der Waals surface area contributed by atoms with Gasteiger partial charge in [-0.3, -0.25) is 9.69 Å². The molecule has 2 saturated heterocycles. The maximum atomic E-state index is 12.5. The second-order valence-electron chi connectivity index (χ2n) is 6.13. The first-order valence-electron chi connectivity index (χ1n) is 7.58. The Bertz CT molecular complexity index is 491. The number of hydrogen-bond acceptors (Lipinski definition) is 3. The Balaban J connectivity index is 1.67. The molecule has 3 heteroatoms. The minimum atomic E-state index is -0.233. The van der Waals surface area contributed by atoms with E-state index in [9.17, 15) is 4.79 Å². The largest absolute Gasteiger partial charge is 0.367 e. The number of morpholine rings is 1. The number of ketones is 1. The van der Waals surface area contributed by atoms with E-state index in [0.717, 1.165) is 19.7 Å². The molecule has 0 spiro atoms. The SMILES string of the molecule is Cc1cccc(C)c1CC(=O)C1CN2CCCC2CO1. The second kappa shape index (κ2) is 5.66. The first kappa shape index (κ1) is 13.8. The van der Waals surface area contributed by atoms with Crippen molar-refractivity contribution in [1.82, 2.24) is 4.90 Å². The summed E-state index contributed by atoms with van der Waals surface area (Å²) in [4.78, 5) is 14.9. The van der Waals surface area contributed by atoms with Crippen LogP contribution in [0.3, 0.4) is 0 Å². The van der Waals surface area contributed by atoms with E-state index in [-0.39, 0.29) is 11.9 Å². The quantitative estimate of drug-likeness (QED) is 0.846. The number of ether oxygens (including phenoxy) is 1. The minimum absolute atomic E-state index is 0.229. The standard InChI is InChI=1S/C17H23NO2/c1-12-5-3-6-13(2)15(12)9-16(19)17-10-18-8-4-7-14(18)11-20-17/h3,5-6,14,17H,4,7-11H2,1-2H3. The lowest BCUT2D eigenvalue weighted by atomic mass is 9.96. The summed E-state index contributed by atoms with van der Waals surface area (Å²) in [5.74, 6) is 0.229. The van der Waals surface area contributed by atoms with Gasteiger partial charge in [0.25, 0.3) is 0 Å². The van der Waals surface area contributed by atoms with Crippen LogP contribution >= 0.6 is 0 Å². The van der Waals surface area contributed by atoms with Gasteiger partial charge < -0.3 is 4.74 Å². The highest BCUT2D eigenvalue weighted by molar-refractivity contribution is 5.86. The Labute approximate surface area is 120 Å². The molecule has 2 fully saturated rings. The normalized spacial score (nSPS) is 26.5. The third-order valence-corrected chi connectivity index (χ3v) is 4.74. The van der Waals surface area contributed by atoms with Crippen molar-refractivity contribution in [2.45, 2.75) is 45.3 Å². The molecule has 2 heterocycles. The highest BCUT2D eigenvalue weighted by Crippen LogP contribution is 2.24. The van der Waals surface area contributed by atoms with E-state index >= 15 is 0 Å². The van der Waals surface area contributed by atoms with Crippen molar-refractivity contribution < 1.29 is 9.53 Å². The zero-order chi connectivity index (χ0) is 14.1. The van der Waals surface area contributed by atoms with E-state index in [1.807, 2.05) is 6.07 Å². The van der Waals surface area contributed by atoms with E-state index in [2.05, 4.69) is 30.9 Å². The zero-order valence-corrected chi connectivity index (χ0v) is 12.4. The van der Waals surface area contributed by atoms with Crippen LogP contribution in [0, 0.1) is 13.8 Å². The summed E-state index contributed by atoms with van der Waals surface area (Å²) in [6, 6.07) is 6.76. The fourth-order valence-corrected chi connectivity index (χ4v) is 3.43. The fraction of sp³-hybridized carbons (Fsp3) is 0.588. The van der Waals surface area contributed by atoms with E-state index in [0.29, 0.717) is 12.5 Å². The number of hydrogen-bond donors (Lipinski definition) is 0. The van der Waals surface area contributed by atoms with Gasteiger partial charge in [-0.05, 0) is 49.9 Å². The molecule has 0 amide bonds. The smallest absolute Gasteiger partial charge is 0.167 e. The maximum absolute atomic E-state index is 12.5. The molecular formula is C17H23NO2. The van der Waals surface area contributed by atoms with Crippen LogP contribution in [0.1, 0.15) is 29.5 Å². The lowest BCUT2D eigenvalue weighted by molar-refractivity contribution is -0.137. The summed E-state index contributed by atoms with van der Waals surface area (Å²) < 4.78 is 5.81.